The molecule has 520 valence electrons. The number of fused-ring (bicyclic) bond motifs is 4. The van der Waals surface area contributed by atoms with Gasteiger partial charge < -0.3 is 74.1 Å². The van der Waals surface area contributed by atoms with Gasteiger partial charge in [-0.3, -0.25) is 9.59 Å². The first-order valence-corrected chi connectivity index (χ1v) is 62.4. The summed E-state index contributed by atoms with van der Waals surface area (Å²) in [5, 5.41) is 2.41. The number of rotatable bonds is 20. The second-order valence-corrected chi connectivity index (χ2v) is 71.2. The third-order valence-electron chi connectivity index (χ3n) is 16.7. The highest BCUT2D eigenvalue weighted by molar-refractivity contribution is 7.13. The van der Waals surface area contributed by atoms with Crippen LogP contribution in [-0.2, 0) is 83.7 Å². The second-order valence-electron chi connectivity index (χ2n) is 27.0. The van der Waals surface area contributed by atoms with Crippen LogP contribution in [0.2, 0.25) is 65.5 Å². The third kappa shape index (κ3) is 14.2. The largest absolute Gasteiger partial charge is 0.515 e. The summed E-state index contributed by atoms with van der Waals surface area (Å²) in [5.74, 6) is 0. The summed E-state index contributed by atoms with van der Waals surface area (Å²) in [4.78, 5) is 28.7. The molecule has 100 heavy (non-hydrogen) atoms. The van der Waals surface area contributed by atoms with E-state index in [9.17, 15) is 9.59 Å². The maximum Gasteiger partial charge on any atom is 0.515 e. The van der Waals surface area contributed by atoms with Crippen LogP contribution in [0.3, 0.4) is 0 Å². The monoisotopic (exact) mass is 1580 g/mol. The van der Waals surface area contributed by atoms with Crippen molar-refractivity contribution in [1.82, 2.24) is 0 Å². The van der Waals surface area contributed by atoms with Crippen molar-refractivity contribution in [2.45, 2.75) is 79.3 Å². The van der Waals surface area contributed by atoms with E-state index < -0.39 is 122 Å². The van der Waals surface area contributed by atoms with Gasteiger partial charge in [-0.05, 0) is 77.4 Å². The Balaban J connectivity index is 1.28. The fourth-order valence-corrected chi connectivity index (χ4v) is 88.4. The molecule has 6 fully saturated rings. The first-order chi connectivity index (χ1) is 47.3. The van der Waals surface area contributed by atoms with Crippen molar-refractivity contribution in [3.05, 3.63) is 267 Å². The summed E-state index contributed by atoms with van der Waals surface area (Å²) in [5.41, 5.74) is 0.678. The topological polar surface area (TPSA) is 200 Å². The van der Waals surface area contributed by atoms with E-state index in [0.29, 0.717) is 52.6 Å². The molecule has 6 saturated heterocycles. The van der Waals surface area contributed by atoms with E-state index in [-0.39, 0.29) is 10.8 Å². The van der Waals surface area contributed by atoms with Crippen molar-refractivity contribution in [2.24, 2.45) is 0 Å². The molecular formula is C66H80O20Si14. The van der Waals surface area contributed by atoms with Gasteiger partial charge in [0.1, 0.15) is 0 Å². The Kier molecular flexibility index (Phi) is 19.8. The van der Waals surface area contributed by atoms with Crippen LogP contribution < -0.4 is 41.5 Å². The lowest BCUT2D eigenvalue weighted by Gasteiger charge is -2.60. The van der Waals surface area contributed by atoms with E-state index in [4.69, 9.17) is 74.1 Å². The van der Waals surface area contributed by atoms with Gasteiger partial charge in [0.15, 0.2) is 10.8 Å². The van der Waals surface area contributed by atoms with Gasteiger partial charge in [0.2, 0.25) is 0 Å². The third-order valence-corrected chi connectivity index (χ3v) is 74.7. The lowest BCUT2D eigenvalue weighted by atomic mass is 10.4. The van der Waals surface area contributed by atoms with E-state index in [1.807, 2.05) is 295 Å². The van der Waals surface area contributed by atoms with Crippen LogP contribution >= 0.6 is 0 Å². The Morgan fingerprint density at radius 2 is 0.410 bits per heavy atom. The Hall–Kier alpha value is -5.10. The quantitative estimate of drug-likeness (QED) is 0.0538. The predicted molar refractivity (Wildman–Crippen MR) is 407 cm³/mol. The highest BCUT2D eigenvalue weighted by Crippen LogP contribution is 2.48. The van der Waals surface area contributed by atoms with E-state index in [1.165, 1.54) is 0 Å². The van der Waals surface area contributed by atoms with Crippen LogP contribution in [0.15, 0.2) is 267 Å². The molecule has 34 heteroatoms. The van der Waals surface area contributed by atoms with Crippen molar-refractivity contribution in [1.29, 1.82) is 0 Å². The SMILES string of the molecule is C=C(C)C(=O)[Si](C)(C)O[Si](C)(C)O[Si]1(C)O[Si]2(c3ccccc3)O[Si]3(c4ccccc4)O[Si]4(c5ccccc5)O[Si](C)(O[Si](C)(C)O[Si](C)(C)C(=O)C(=C)C)O[Si]5(c6ccccc6)O[Si](c6ccccc6)(O[Si](c6ccccc6)(O1)O[Si](c1ccccc1)(O5)O[Si](c1ccccc1)(O2)O4)O3. The Morgan fingerprint density at radius 3 is 0.550 bits per heavy atom. The molecule has 0 N–H and O–H groups in total. The van der Waals surface area contributed by atoms with Gasteiger partial charge >= 0.3 is 105 Å². The minimum absolute atomic E-state index is 0.212. The maximum atomic E-state index is 14.4. The first-order valence-electron chi connectivity index (χ1n) is 32.7. The highest BCUT2D eigenvalue weighted by atomic mass is 28.6. The number of hydrogen-bond acceptors (Lipinski definition) is 20. The molecule has 0 aliphatic carbocycles. The van der Waals surface area contributed by atoms with Gasteiger partial charge in [0.25, 0.3) is 16.6 Å². The number of benzene rings is 8. The van der Waals surface area contributed by atoms with Crippen LogP contribution in [0.5, 0.6) is 0 Å². The van der Waals surface area contributed by atoms with Crippen molar-refractivity contribution < 1.29 is 83.7 Å². The molecule has 8 bridgehead atoms. The average Bonchev–Trinajstić information content (AvgIpc) is 0.676. The molecule has 8 aromatic carbocycles. The molecule has 0 radical (unpaired) electrons. The fraction of sp³-hybridized carbons (Fsp3) is 0.182. The molecule has 0 spiro atoms. The molecule has 0 unspecified atom stereocenters. The van der Waals surface area contributed by atoms with Gasteiger partial charge in [-0.15, -0.1) is 0 Å². The van der Waals surface area contributed by atoms with Crippen molar-refractivity contribution >= 4 is 174 Å². The van der Waals surface area contributed by atoms with E-state index in [1.54, 1.807) is 26.9 Å². The normalized spacial score (nSPS) is 30.8. The Labute approximate surface area is 599 Å². The van der Waals surface area contributed by atoms with E-state index in [0.717, 1.165) is 0 Å². The van der Waals surface area contributed by atoms with Gasteiger partial charge in [-0.25, -0.2) is 0 Å². The van der Waals surface area contributed by atoms with Crippen LogP contribution in [0, 0.1) is 0 Å². The molecule has 0 atom stereocenters. The fourth-order valence-electron chi connectivity index (χ4n) is 13.2. The van der Waals surface area contributed by atoms with Crippen molar-refractivity contribution in [2.75, 3.05) is 0 Å². The summed E-state index contributed by atoms with van der Waals surface area (Å²) in [7, 11) is -68.4. The molecule has 6 heterocycles. The molecule has 20 nitrogen and oxygen atoms in total. The summed E-state index contributed by atoms with van der Waals surface area (Å²) in [6.07, 6.45) is 0. The van der Waals surface area contributed by atoms with Crippen LogP contribution in [0.25, 0.3) is 0 Å². The smallest absolute Gasteiger partial charge is 0.430 e. The standard InChI is InChI=1S/C66H80O20Si14/c1-55(2)65(67)87(5,6)69-89(9,10)71-91(13)73-93(57-39-23-15-24-40-57)77-97(61-47-31-19-32-48-61)81-95(59-43-27-17-28-44-59)75-92(14,72-90(11,12)70-88(7,8)66(68)56(3)4)76-96(60-45-29-18-30-46-60)83-99(85-97,63-51-35-21-36-52-63)79-94(74-91,58-41-25-16-26-42-58)80-100(84-96,64-53-37-22-38-54-64)86-98(78-93,82-95)62-49-33-20-34-50-62/h15-54H,1,3H2,2,4-14H3. The molecule has 14 rings (SSSR count). The molecule has 8 aromatic rings. The lowest BCUT2D eigenvalue weighted by molar-refractivity contribution is -0.111. The zero-order chi connectivity index (χ0) is 70.9. The first kappa shape index (κ1) is 73.2. The Bertz CT molecular complexity index is 3810. The van der Waals surface area contributed by atoms with Gasteiger partial charge in [0, 0.05) is 54.6 Å². The van der Waals surface area contributed by atoms with E-state index >= 15 is 0 Å². The summed E-state index contributed by atoms with van der Waals surface area (Å²) >= 11 is 0. The molecule has 0 saturated carbocycles. The van der Waals surface area contributed by atoms with Crippen molar-refractivity contribution in [3.8, 4) is 0 Å². The van der Waals surface area contributed by atoms with Crippen LogP contribution in [0.4, 0.5) is 0 Å². The number of allylic oxidation sites excluding steroid dienone is 2. The number of carbonyl (C=O) groups excluding carboxylic acids is 2. The van der Waals surface area contributed by atoms with Crippen LogP contribution in [-0.4, -0.2) is 133 Å². The Morgan fingerprint density at radius 1 is 0.270 bits per heavy atom. The molecule has 6 aliphatic heterocycles. The second kappa shape index (κ2) is 27.1. The number of hydrogen-bond donors (Lipinski definition) is 0. The lowest BCUT2D eigenvalue weighted by Crippen LogP contribution is -2.93. The summed E-state index contributed by atoms with van der Waals surface area (Å²) < 4.78 is 150. The maximum absolute atomic E-state index is 14.4. The molecule has 0 amide bonds. The van der Waals surface area contributed by atoms with Crippen molar-refractivity contribution in [3.63, 3.8) is 0 Å². The molecule has 0 aromatic heterocycles. The molecule has 6 aliphatic rings. The number of carbonyl (C=O) groups is 2. The minimum Gasteiger partial charge on any atom is -0.430 e. The highest BCUT2D eigenvalue weighted by Gasteiger charge is 2.84. The van der Waals surface area contributed by atoms with Gasteiger partial charge in [0.05, 0.1) is 0 Å². The summed E-state index contributed by atoms with van der Waals surface area (Å²) in [6.45, 7) is 29.6. The molecular weight excluding hydrogens is 1510 g/mol. The zero-order valence-corrected chi connectivity index (χ0v) is 71.7. The van der Waals surface area contributed by atoms with Gasteiger partial charge in [-0.1, -0.05) is 256 Å². The average molecular weight is 1590 g/mol. The summed E-state index contributed by atoms with van der Waals surface area (Å²) in [6, 6.07) is 74.2. The van der Waals surface area contributed by atoms with E-state index in [2.05, 4.69) is 13.2 Å². The predicted octanol–water partition coefficient (Wildman–Crippen LogP) is 7.44. The zero-order valence-electron chi connectivity index (χ0n) is 57.7. The van der Waals surface area contributed by atoms with Gasteiger partial charge in [-0.2, -0.15) is 0 Å². The van der Waals surface area contributed by atoms with Crippen LogP contribution in [0.1, 0.15) is 13.8 Å². The minimum atomic E-state index is -5.53.